The SMILES string of the molecule is CCCCCC/C=C\C/C=C\CCCCCCCC(=O)OC(COCCCCCCCCCCCCCCCCCCCCCCCCCCC)COC1OC(CO)C(O)C(O)C1O. The van der Waals surface area contributed by atoms with Gasteiger partial charge in [0.15, 0.2) is 6.29 Å². The highest BCUT2D eigenvalue weighted by Crippen LogP contribution is 2.23. The summed E-state index contributed by atoms with van der Waals surface area (Å²) in [6.45, 7) is 4.58. The lowest BCUT2D eigenvalue weighted by Gasteiger charge is -2.39. The molecule has 1 fully saturated rings. The summed E-state index contributed by atoms with van der Waals surface area (Å²) in [5.74, 6) is -0.322. The smallest absolute Gasteiger partial charge is 0.306 e. The van der Waals surface area contributed by atoms with Crippen LogP contribution >= 0.6 is 0 Å². The normalized spacial score (nSPS) is 19.6. The molecule has 1 saturated heterocycles. The summed E-state index contributed by atoms with van der Waals surface area (Å²) in [7, 11) is 0. The van der Waals surface area contributed by atoms with Gasteiger partial charge < -0.3 is 39.4 Å². The minimum Gasteiger partial charge on any atom is -0.457 e. The molecule has 4 N–H and O–H groups in total. The number of unbranched alkanes of at least 4 members (excludes halogenated alkanes) is 33. The monoisotopic (exact) mass is 909 g/mol. The molecule has 0 radical (unpaired) electrons. The highest BCUT2D eigenvalue weighted by Gasteiger charge is 2.44. The summed E-state index contributed by atoms with van der Waals surface area (Å²) >= 11 is 0. The van der Waals surface area contributed by atoms with Crippen molar-refractivity contribution in [2.45, 2.75) is 295 Å². The van der Waals surface area contributed by atoms with E-state index >= 15 is 0 Å². The van der Waals surface area contributed by atoms with Gasteiger partial charge >= 0.3 is 5.97 Å². The molecule has 1 aliphatic heterocycles. The second-order valence-electron chi connectivity index (χ2n) is 19.0. The zero-order valence-electron chi connectivity index (χ0n) is 41.8. The van der Waals surface area contributed by atoms with Crippen LogP contribution in [-0.2, 0) is 23.7 Å². The molecule has 0 amide bonds. The maximum Gasteiger partial charge on any atom is 0.306 e. The minimum absolute atomic E-state index is 0.115. The van der Waals surface area contributed by atoms with Gasteiger partial charge in [0.2, 0.25) is 0 Å². The molecular formula is C55H104O9. The molecule has 0 aliphatic carbocycles. The Hall–Kier alpha value is -1.33. The first-order valence-electron chi connectivity index (χ1n) is 27.4. The fraction of sp³-hybridized carbons (Fsp3) is 0.909. The van der Waals surface area contributed by atoms with Crippen LogP contribution in [0.1, 0.15) is 258 Å². The Labute approximate surface area is 394 Å². The predicted octanol–water partition coefficient (Wildman–Crippen LogP) is 13.7. The molecule has 6 atom stereocenters. The van der Waals surface area contributed by atoms with E-state index in [2.05, 4.69) is 38.2 Å². The van der Waals surface area contributed by atoms with Crippen molar-refractivity contribution in [2.75, 3.05) is 26.4 Å². The molecule has 0 aromatic carbocycles. The number of hydrogen-bond donors (Lipinski definition) is 4. The first-order chi connectivity index (χ1) is 31.4. The van der Waals surface area contributed by atoms with Crippen LogP contribution in [0, 0.1) is 0 Å². The molecule has 1 heterocycles. The van der Waals surface area contributed by atoms with E-state index in [0.29, 0.717) is 13.0 Å². The van der Waals surface area contributed by atoms with E-state index in [4.69, 9.17) is 18.9 Å². The van der Waals surface area contributed by atoms with Crippen LogP contribution < -0.4 is 0 Å². The van der Waals surface area contributed by atoms with E-state index in [1.54, 1.807) is 0 Å². The topological polar surface area (TPSA) is 135 Å². The number of carbonyl (C=O) groups is 1. The summed E-state index contributed by atoms with van der Waals surface area (Å²) < 4.78 is 22.9. The maximum absolute atomic E-state index is 12.8. The first-order valence-corrected chi connectivity index (χ1v) is 27.4. The molecule has 9 nitrogen and oxygen atoms in total. The van der Waals surface area contributed by atoms with Gasteiger partial charge in [0.05, 0.1) is 19.8 Å². The Kier molecular flexibility index (Phi) is 44.3. The molecule has 0 saturated carbocycles. The van der Waals surface area contributed by atoms with Crippen LogP contribution in [0.3, 0.4) is 0 Å². The number of aliphatic hydroxyl groups excluding tert-OH is 4. The third kappa shape index (κ3) is 36.7. The number of carbonyl (C=O) groups excluding carboxylic acids is 1. The van der Waals surface area contributed by atoms with Crippen LogP contribution in [0.15, 0.2) is 24.3 Å². The van der Waals surface area contributed by atoms with Crippen molar-refractivity contribution >= 4 is 5.97 Å². The maximum atomic E-state index is 12.8. The van der Waals surface area contributed by atoms with Gasteiger partial charge in [-0.3, -0.25) is 4.79 Å². The van der Waals surface area contributed by atoms with Crippen molar-refractivity contribution in [3.05, 3.63) is 24.3 Å². The minimum atomic E-state index is -1.54. The molecule has 6 unspecified atom stereocenters. The molecule has 9 heteroatoms. The van der Waals surface area contributed by atoms with E-state index in [1.165, 1.54) is 180 Å². The zero-order chi connectivity index (χ0) is 46.4. The van der Waals surface area contributed by atoms with Crippen molar-refractivity contribution in [1.82, 2.24) is 0 Å². The molecule has 1 rings (SSSR count). The quantitative estimate of drug-likeness (QED) is 0.0267. The third-order valence-corrected chi connectivity index (χ3v) is 12.9. The van der Waals surface area contributed by atoms with E-state index in [0.717, 1.165) is 57.8 Å². The summed E-state index contributed by atoms with van der Waals surface area (Å²) in [6.07, 6.45) is 49.4. The molecule has 0 aromatic rings. The Morgan fingerprint density at radius 2 is 0.906 bits per heavy atom. The Morgan fingerprint density at radius 1 is 0.500 bits per heavy atom. The number of ether oxygens (including phenoxy) is 4. The van der Waals surface area contributed by atoms with Gasteiger partial charge in [-0.2, -0.15) is 0 Å². The Bertz CT molecular complexity index is 1040. The lowest BCUT2D eigenvalue weighted by atomic mass is 9.99. The van der Waals surface area contributed by atoms with Gasteiger partial charge in [0, 0.05) is 13.0 Å². The molecule has 378 valence electrons. The number of hydrogen-bond acceptors (Lipinski definition) is 9. The van der Waals surface area contributed by atoms with Crippen molar-refractivity contribution in [3.63, 3.8) is 0 Å². The van der Waals surface area contributed by atoms with Crippen LogP contribution in [0.25, 0.3) is 0 Å². The average molecular weight is 909 g/mol. The van der Waals surface area contributed by atoms with Crippen molar-refractivity contribution in [1.29, 1.82) is 0 Å². The molecule has 64 heavy (non-hydrogen) atoms. The Morgan fingerprint density at radius 3 is 1.36 bits per heavy atom. The number of aliphatic hydroxyl groups is 4. The molecule has 0 aromatic heterocycles. The summed E-state index contributed by atoms with van der Waals surface area (Å²) in [6, 6.07) is 0. The van der Waals surface area contributed by atoms with E-state index < -0.39 is 43.4 Å². The lowest BCUT2D eigenvalue weighted by Crippen LogP contribution is -2.59. The van der Waals surface area contributed by atoms with E-state index in [-0.39, 0.29) is 19.2 Å². The van der Waals surface area contributed by atoms with Gasteiger partial charge in [-0.25, -0.2) is 0 Å². The van der Waals surface area contributed by atoms with Gasteiger partial charge in [-0.05, 0) is 44.9 Å². The molecular weight excluding hydrogens is 805 g/mol. The van der Waals surface area contributed by atoms with Crippen LogP contribution in [0.4, 0.5) is 0 Å². The van der Waals surface area contributed by atoms with Crippen LogP contribution in [0.5, 0.6) is 0 Å². The van der Waals surface area contributed by atoms with Crippen molar-refractivity contribution in [2.24, 2.45) is 0 Å². The number of rotatable bonds is 48. The van der Waals surface area contributed by atoms with E-state index in [1.807, 2.05) is 0 Å². The fourth-order valence-corrected chi connectivity index (χ4v) is 8.58. The first kappa shape index (κ1) is 60.7. The number of allylic oxidation sites excluding steroid dienone is 4. The van der Waals surface area contributed by atoms with Gasteiger partial charge in [0.25, 0.3) is 0 Å². The summed E-state index contributed by atoms with van der Waals surface area (Å²) in [5, 5.41) is 40.3. The van der Waals surface area contributed by atoms with Crippen LogP contribution in [-0.4, -0.2) is 89.6 Å². The average Bonchev–Trinajstić information content (AvgIpc) is 3.30. The largest absolute Gasteiger partial charge is 0.457 e. The van der Waals surface area contributed by atoms with Gasteiger partial charge in [0.1, 0.15) is 30.5 Å². The molecule has 1 aliphatic rings. The summed E-state index contributed by atoms with van der Waals surface area (Å²) in [4.78, 5) is 12.8. The summed E-state index contributed by atoms with van der Waals surface area (Å²) in [5.41, 5.74) is 0. The van der Waals surface area contributed by atoms with Crippen molar-refractivity contribution < 1.29 is 44.2 Å². The zero-order valence-corrected chi connectivity index (χ0v) is 41.8. The molecule has 0 spiro atoms. The lowest BCUT2D eigenvalue weighted by molar-refractivity contribution is -0.305. The predicted molar refractivity (Wildman–Crippen MR) is 265 cm³/mol. The second kappa shape index (κ2) is 46.8. The highest BCUT2D eigenvalue weighted by atomic mass is 16.7. The van der Waals surface area contributed by atoms with Gasteiger partial charge in [-0.15, -0.1) is 0 Å². The van der Waals surface area contributed by atoms with Crippen molar-refractivity contribution in [3.8, 4) is 0 Å². The Balaban J connectivity index is 2.14. The second-order valence-corrected chi connectivity index (χ2v) is 19.0. The number of esters is 1. The third-order valence-electron chi connectivity index (χ3n) is 12.9. The highest BCUT2D eigenvalue weighted by molar-refractivity contribution is 5.69. The molecule has 0 bridgehead atoms. The van der Waals surface area contributed by atoms with Crippen LogP contribution in [0.2, 0.25) is 0 Å². The van der Waals surface area contributed by atoms with E-state index in [9.17, 15) is 25.2 Å². The fourth-order valence-electron chi connectivity index (χ4n) is 8.58. The van der Waals surface area contributed by atoms with Gasteiger partial charge in [-0.1, -0.05) is 231 Å². The standard InChI is InChI=1S/C55H104O9/c1-3-5-7-9-11-13-15-17-19-21-22-23-24-25-26-27-28-29-31-33-35-37-39-41-43-45-61-47-49(48-62-55-54(60)53(59)52(58)50(46-56)64-55)63-51(57)44-42-40-38-36-34-32-30-20-18-16-14-12-10-8-6-4-2/h14,16,20,30,49-50,52-56,58-60H,3-13,15,17-19,21-29,31-48H2,1-2H3/b16-14-,30-20-.